The number of aromatic nitrogens is 2. The zero-order valence-corrected chi connectivity index (χ0v) is 24.4. The van der Waals surface area contributed by atoms with Crippen molar-refractivity contribution in [2.24, 2.45) is 0 Å². The average molecular weight is 579 g/mol. The van der Waals surface area contributed by atoms with Crippen molar-refractivity contribution in [3.63, 3.8) is 0 Å². The molecular weight excluding hydrogens is 544 g/mol. The lowest BCUT2D eigenvalue weighted by Gasteiger charge is -2.04. The number of nitrogens with one attached hydrogen (secondary N) is 2. The Morgan fingerprint density at radius 1 is 0.675 bits per heavy atom. The molecule has 0 saturated heterocycles. The van der Waals surface area contributed by atoms with Crippen molar-refractivity contribution in [1.82, 2.24) is 9.97 Å². The number of anilines is 2. The molecule has 10 heteroatoms. The van der Waals surface area contributed by atoms with Crippen LogP contribution in [0.3, 0.4) is 0 Å². The molecule has 0 radical (unpaired) electrons. The number of carbonyl (C=O) groups excluding carboxylic acids is 2. The fraction of sp³-hybridized carbons (Fsp3) is 0.333. The number of hydrogen-bond donors (Lipinski definition) is 2. The fourth-order valence-electron chi connectivity index (χ4n) is 4.13. The van der Waals surface area contributed by atoms with Gasteiger partial charge in [-0.2, -0.15) is 0 Å². The maximum atomic E-state index is 12.3. The van der Waals surface area contributed by atoms with E-state index in [2.05, 4.69) is 20.6 Å². The van der Waals surface area contributed by atoms with Gasteiger partial charge in [-0.15, -0.1) is 22.7 Å². The quantitative estimate of drug-likeness (QED) is 0.141. The van der Waals surface area contributed by atoms with Crippen molar-refractivity contribution < 1.29 is 19.1 Å². The first-order valence-electron chi connectivity index (χ1n) is 13.3. The van der Waals surface area contributed by atoms with Gasteiger partial charge in [-0.1, -0.05) is 49.9 Å². The molecule has 8 nitrogen and oxygen atoms in total. The lowest BCUT2D eigenvalue weighted by Crippen LogP contribution is -2.11. The second-order valence-electron chi connectivity index (χ2n) is 9.26. The highest BCUT2D eigenvalue weighted by Gasteiger charge is 2.10. The smallest absolute Gasteiger partial charge is 0.226 e. The zero-order chi connectivity index (χ0) is 28.2. The summed E-state index contributed by atoms with van der Waals surface area (Å²) in [7, 11) is 3.27. The Bertz CT molecular complexity index is 1300. The van der Waals surface area contributed by atoms with Gasteiger partial charge < -0.3 is 20.1 Å². The van der Waals surface area contributed by atoms with Crippen molar-refractivity contribution in [3.8, 4) is 34.0 Å². The first-order valence-corrected chi connectivity index (χ1v) is 15.1. The van der Waals surface area contributed by atoms with Crippen LogP contribution < -0.4 is 20.1 Å². The Labute approximate surface area is 242 Å². The van der Waals surface area contributed by atoms with E-state index < -0.39 is 0 Å². The number of nitrogens with zero attached hydrogens (tertiary/aromatic N) is 2. The molecule has 4 aromatic rings. The van der Waals surface area contributed by atoms with Gasteiger partial charge >= 0.3 is 0 Å². The maximum Gasteiger partial charge on any atom is 0.226 e. The molecule has 0 aliphatic rings. The van der Waals surface area contributed by atoms with Crippen molar-refractivity contribution >= 4 is 44.8 Å². The first-order chi connectivity index (χ1) is 19.5. The molecule has 40 heavy (non-hydrogen) atoms. The number of rotatable bonds is 15. The van der Waals surface area contributed by atoms with Crippen molar-refractivity contribution in [2.75, 3.05) is 24.9 Å². The van der Waals surface area contributed by atoms with Crippen LogP contribution in [0.15, 0.2) is 59.3 Å². The van der Waals surface area contributed by atoms with Gasteiger partial charge in [-0.05, 0) is 37.1 Å². The van der Waals surface area contributed by atoms with Gasteiger partial charge in [0.25, 0.3) is 0 Å². The molecule has 0 spiro atoms. The molecule has 4 rings (SSSR count). The van der Waals surface area contributed by atoms with E-state index in [-0.39, 0.29) is 11.8 Å². The molecular formula is C30H34N4O4S2. The van der Waals surface area contributed by atoms with Crippen LogP contribution in [0.2, 0.25) is 0 Å². The zero-order valence-electron chi connectivity index (χ0n) is 22.8. The fourth-order valence-corrected chi connectivity index (χ4v) is 5.61. The largest absolute Gasteiger partial charge is 0.497 e. The third kappa shape index (κ3) is 8.89. The lowest BCUT2D eigenvalue weighted by atomic mass is 10.1. The molecule has 2 heterocycles. The van der Waals surface area contributed by atoms with Gasteiger partial charge in [0.2, 0.25) is 11.8 Å². The summed E-state index contributed by atoms with van der Waals surface area (Å²) in [5.74, 6) is 1.52. The van der Waals surface area contributed by atoms with E-state index in [1.54, 1.807) is 14.2 Å². The molecule has 210 valence electrons. The van der Waals surface area contributed by atoms with E-state index in [1.807, 2.05) is 59.3 Å². The highest BCUT2D eigenvalue weighted by molar-refractivity contribution is 7.14. The molecule has 0 bridgehead atoms. The minimum Gasteiger partial charge on any atom is -0.497 e. The number of benzene rings is 2. The van der Waals surface area contributed by atoms with Crippen LogP contribution in [0.4, 0.5) is 10.3 Å². The standard InChI is InChI=1S/C30H34N4O4S2/c1-37-23-13-9-11-21(17-23)25-19-39-29(31-25)33-27(35)15-7-5-3-4-6-8-16-28(36)34-30-32-26(20-40-30)22-12-10-14-24(18-22)38-2/h9-14,17-20H,3-8,15-16H2,1-2H3,(H,31,33,35)(H,32,34,36). The SMILES string of the molecule is COc1cccc(-c2csc(NC(=O)CCCCCCCCC(=O)Nc3nc(-c4cccc(OC)c4)cs3)n2)c1. The summed E-state index contributed by atoms with van der Waals surface area (Å²) < 4.78 is 10.5. The van der Waals surface area contributed by atoms with Gasteiger partial charge in [0.15, 0.2) is 10.3 Å². The van der Waals surface area contributed by atoms with Crippen LogP contribution in [0.1, 0.15) is 51.4 Å². The molecule has 0 atom stereocenters. The molecule has 2 aromatic carbocycles. The van der Waals surface area contributed by atoms with Crippen molar-refractivity contribution in [1.29, 1.82) is 0 Å². The Kier molecular flexibility index (Phi) is 11.1. The van der Waals surface area contributed by atoms with Crippen LogP contribution in [-0.4, -0.2) is 36.0 Å². The van der Waals surface area contributed by atoms with E-state index >= 15 is 0 Å². The Balaban J connectivity index is 1.05. The van der Waals surface area contributed by atoms with Gasteiger partial charge in [0, 0.05) is 34.7 Å². The normalized spacial score (nSPS) is 10.8. The topological polar surface area (TPSA) is 102 Å². The predicted octanol–water partition coefficient (Wildman–Crippen LogP) is 7.65. The third-order valence-corrected chi connectivity index (χ3v) is 7.81. The Morgan fingerprint density at radius 3 is 1.52 bits per heavy atom. The van der Waals surface area contributed by atoms with Gasteiger partial charge in [-0.3, -0.25) is 9.59 Å². The molecule has 2 aromatic heterocycles. The number of ether oxygens (including phenoxy) is 2. The summed E-state index contributed by atoms with van der Waals surface area (Å²) in [6, 6.07) is 15.4. The minimum absolute atomic E-state index is 0.0139. The number of carbonyl (C=O) groups is 2. The summed E-state index contributed by atoms with van der Waals surface area (Å²) >= 11 is 2.84. The number of hydrogen-bond acceptors (Lipinski definition) is 8. The van der Waals surface area contributed by atoms with Crippen LogP contribution >= 0.6 is 22.7 Å². The summed E-state index contributed by atoms with van der Waals surface area (Å²) in [6.45, 7) is 0. The maximum absolute atomic E-state index is 12.3. The highest BCUT2D eigenvalue weighted by atomic mass is 32.1. The highest BCUT2D eigenvalue weighted by Crippen LogP contribution is 2.29. The monoisotopic (exact) mass is 578 g/mol. The molecule has 0 aliphatic heterocycles. The van der Waals surface area contributed by atoms with E-state index in [1.165, 1.54) is 22.7 Å². The minimum atomic E-state index is -0.0139. The first kappa shape index (κ1) is 29.2. The predicted molar refractivity (Wildman–Crippen MR) is 162 cm³/mol. The Morgan fingerprint density at radius 2 is 1.10 bits per heavy atom. The lowest BCUT2D eigenvalue weighted by molar-refractivity contribution is -0.117. The molecule has 0 saturated carbocycles. The second-order valence-corrected chi connectivity index (χ2v) is 11.0. The number of thiazole rings is 2. The van der Waals surface area contributed by atoms with Crippen LogP contribution in [-0.2, 0) is 9.59 Å². The van der Waals surface area contributed by atoms with Gasteiger partial charge in [-0.25, -0.2) is 9.97 Å². The third-order valence-electron chi connectivity index (χ3n) is 6.29. The molecule has 0 aliphatic carbocycles. The van der Waals surface area contributed by atoms with E-state index in [9.17, 15) is 9.59 Å². The summed E-state index contributed by atoms with van der Waals surface area (Å²) in [5.41, 5.74) is 3.54. The van der Waals surface area contributed by atoms with E-state index in [4.69, 9.17) is 9.47 Å². The summed E-state index contributed by atoms with van der Waals surface area (Å²) in [6.07, 6.45) is 6.67. The average Bonchev–Trinajstić information content (AvgIpc) is 3.64. The van der Waals surface area contributed by atoms with E-state index in [0.717, 1.165) is 72.5 Å². The van der Waals surface area contributed by atoms with Crippen LogP contribution in [0.25, 0.3) is 22.5 Å². The summed E-state index contributed by atoms with van der Waals surface area (Å²) in [5, 5.41) is 10.9. The van der Waals surface area contributed by atoms with Crippen LogP contribution in [0.5, 0.6) is 11.5 Å². The number of methoxy groups -OCH3 is 2. The Hall–Kier alpha value is -3.76. The molecule has 0 unspecified atom stereocenters. The molecule has 2 N–H and O–H groups in total. The van der Waals surface area contributed by atoms with Gasteiger partial charge in [0.05, 0.1) is 25.6 Å². The number of amides is 2. The number of unbranched alkanes of at least 4 members (excludes halogenated alkanes) is 5. The summed E-state index contributed by atoms with van der Waals surface area (Å²) in [4.78, 5) is 33.7. The molecule has 2 amide bonds. The molecule has 0 fully saturated rings. The second kappa shape index (κ2) is 15.1. The van der Waals surface area contributed by atoms with Crippen molar-refractivity contribution in [3.05, 3.63) is 59.3 Å². The van der Waals surface area contributed by atoms with E-state index in [0.29, 0.717) is 23.1 Å². The van der Waals surface area contributed by atoms with Crippen molar-refractivity contribution in [2.45, 2.75) is 51.4 Å². The van der Waals surface area contributed by atoms with Gasteiger partial charge in [0.1, 0.15) is 11.5 Å². The van der Waals surface area contributed by atoms with Crippen LogP contribution in [0, 0.1) is 0 Å².